The highest BCUT2D eigenvalue weighted by Crippen LogP contribution is 2.37. The van der Waals surface area contributed by atoms with Gasteiger partial charge in [-0.3, -0.25) is 0 Å². The van der Waals surface area contributed by atoms with Crippen molar-refractivity contribution in [1.82, 2.24) is 5.32 Å². The monoisotopic (exact) mass is 367 g/mol. The number of alkyl carbamates (subject to hydrolysis) is 1. The number of amides is 1. The van der Waals surface area contributed by atoms with Crippen LogP contribution in [0, 0.1) is 0 Å². The van der Waals surface area contributed by atoms with Gasteiger partial charge in [-0.05, 0) is 73.3 Å². The smallest absolute Gasteiger partial charge is 0.406 e. The average Bonchev–Trinajstić information content (AvgIpc) is 3.11. The molecule has 0 aliphatic heterocycles. The van der Waals surface area contributed by atoms with Crippen molar-refractivity contribution in [3.63, 3.8) is 0 Å². The molecule has 4 heteroatoms. The highest BCUT2D eigenvalue weighted by atomic mass is 16.5. The number of methoxy groups -OCH3 is 1. The normalized spacial score (nSPS) is 15.2. The molecule has 1 aliphatic carbocycles. The van der Waals surface area contributed by atoms with Gasteiger partial charge in [-0.15, -0.1) is 0 Å². The summed E-state index contributed by atoms with van der Waals surface area (Å²) in [6.45, 7) is 1.39. The molecule has 0 bridgehead atoms. The molecule has 1 N–H and O–H groups in total. The number of carbonyl (C=O) groups excluding carboxylic acids is 1. The summed E-state index contributed by atoms with van der Waals surface area (Å²) in [5.41, 5.74) is 4.18. The summed E-state index contributed by atoms with van der Waals surface area (Å²) < 4.78 is 10.6. The van der Waals surface area contributed by atoms with Crippen LogP contribution in [0.2, 0.25) is 0 Å². The minimum atomic E-state index is -0.360. The highest BCUT2D eigenvalue weighted by molar-refractivity contribution is 5.66. The maximum atomic E-state index is 11.2. The van der Waals surface area contributed by atoms with Crippen LogP contribution in [0.15, 0.2) is 48.5 Å². The molecule has 1 amide bonds. The van der Waals surface area contributed by atoms with Crippen molar-refractivity contribution < 1.29 is 14.3 Å². The molecule has 0 radical (unpaired) electrons. The molecule has 0 saturated carbocycles. The Morgan fingerprint density at radius 2 is 2.00 bits per heavy atom. The lowest BCUT2D eigenvalue weighted by molar-refractivity contribution is 0.170. The first-order valence-electron chi connectivity index (χ1n) is 9.87. The number of carbonyl (C=O) groups is 1. The molecule has 2 aromatic carbocycles. The molecule has 144 valence electrons. The van der Waals surface area contributed by atoms with Gasteiger partial charge in [-0.25, -0.2) is 4.79 Å². The van der Waals surface area contributed by atoms with Gasteiger partial charge in [0, 0.05) is 6.54 Å². The van der Waals surface area contributed by atoms with Gasteiger partial charge in [0.2, 0.25) is 0 Å². The zero-order valence-corrected chi connectivity index (χ0v) is 16.1. The summed E-state index contributed by atoms with van der Waals surface area (Å²) in [4.78, 5) is 11.2. The summed E-state index contributed by atoms with van der Waals surface area (Å²) in [7, 11) is 1.39. The van der Waals surface area contributed by atoms with Crippen LogP contribution in [0.25, 0.3) is 0 Å². The standard InChI is InChI=1S/C23H29NO3/c1-26-23(25)24-15-14-20-11-10-19-12-13-21(17-22(19)20)27-16-6-5-9-18-7-3-2-4-8-18/h2-4,7-8,12-13,17,20H,5-6,9-11,14-16H2,1H3,(H,24,25)/t20-/m1/s1. The van der Waals surface area contributed by atoms with E-state index in [1.807, 2.05) is 0 Å². The van der Waals surface area contributed by atoms with Crippen LogP contribution in [0.5, 0.6) is 5.75 Å². The SMILES string of the molecule is COC(=O)NCC[C@H]1CCc2ccc(OCCCCc3ccccc3)cc21. The topological polar surface area (TPSA) is 47.6 Å². The van der Waals surface area contributed by atoms with E-state index < -0.39 is 0 Å². The van der Waals surface area contributed by atoms with Gasteiger partial charge in [0.25, 0.3) is 0 Å². The van der Waals surface area contributed by atoms with Crippen LogP contribution in [-0.2, 0) is 17.6 Å². The number of hydrogen-bond acceptors (Lipinski definition) is 3. The zero-order chi connectivity index (χ0) is 18.9. The number of hydrogen-bond donors (Lipinski definition) is 1. The molecular formula is C23H29NO3. The first-order valence-corrected chi connectivity index (χ1v) is 9.87. The highest BCUT2D eigenvalue weighted by Gasteiger charge is 2.22. The van der Waals surface area contributed by atoms with Crippen molar-refractivity contribution in [2.24, 2.45) is 0 Å². The van der Waals surface area contributed by atoms with E-state index in [2.05, 4.69) is 58.6 Å². The molecule has 0 fully saturated rings. The lowest BCUT2D eigenvalue weighted by atomic mass is 9.97. The first-order chi connectivity index (χ1) is 13.3. The van der Waals surface area contributed by atoms with Crippen molar-refractivity contribution in [3.8, 4) is 5.75 Å². The summed E-state index contributed by atoms with van der Waals surface area (Å²) >= 11 is 0. The van der Waals surface area contributed by atoms with Gasteiger partial charge < -0.3 is 14.8 Å². The molecule has 0 aromatic heterocycles. The predicted molar refractivity (Wildman–Crippen MR) is 107 cm³/mol. The number of unbranched alkanes of at least 4 members (excludes halogenated alkanes) is 1. The number of ether oxygens (including phenoxy) is 2. The molecule has 0 spiro atoms. The van der Waals surface area contributed by atoms with E-state index in [-0.39, 0.29) is 6.09 Å². The van der Waals surface area contributed by atoms with Crippen molar-refractivity contribution in [2.45, 2.75) is 44.4 Å². The molecule has 27 heavy (non-hydrogen) atoms. The minimum absolute atomic E-state index is 0.360. The Labute approximate surface area is 161 Å². The number of aryl methyl sites for hydroxylation is 2. The van der Waals surface area contributed by atoms with Gasteiger partial charge in [0.15, 0.2) is 0 Å². The maximum absolute atomic E-state index is 11.2. The van der Waals surface area contributed by atoms with Gasteiger partial charge in [-0.2, -0.15) is 0 Å². The second kappa shape index (κ2) is 10.0. The van der Waals surface area contributed by atoms with Crippen LogP contribution in [0.3, 0.4) is 0 Å². The molecule has 2 aromatic rings. The van der Waals surface area contributed by atoms with Crippen molar-refractivity contribution >= 4 is 6.09 Å². The van der Waals surface area contributed by atoms with Crippen LogP contribution in [0.4, 0.5) is 4.79 Å². The number of benzene rings is 2. The third kappa shape index (κ3) is 5.75. The predicted octanol–water partition coefficient (Wildman–Crippen LogP) is 4.86. The lowest BCUT2D eigenvalue weighted by Crippen LogP contribution is -2.25. The Kier molecular flexibility index (Phi) is 7.14. The molecule has 0 unspecified atom stereocenters. The van der Waals surface area contributed by atoms with E-state index >= 15 is 0 Å². The Bertz CT molecular complexity index is 730. The van der Waals surface area contributed by atoms with E-state index in [0.717, 1.165) is 50.9 Å². The molecule has 1 atom stereocenters. The Morgan fingerprint density at radius 3 is 2.81 bits per heavy atom. The van der Waals surface area contributed by atoms with E-state index in [4.69, 9.17) is 4.74 Å². The fraction of sp³-hybridized carbons (Fsp3) is 0.435. The van der Waals surface area contributed by atoms with Crippen molar-refractivity contribution in [1.29, 1.82) is 0 Å². The average molecular weight is 367 g/mol. The van der Waals surface area contributed by atoms with Crippen LogP contribution < -0.4 is 10.1 Å². The second-order valence-electron chi connectivity index (χ2n) is 7.09. The summed E-state index contributed by atoms with van der Waals surface area (Å²) in [5, 5.41) is 2.77. The number of fused-ring (bicyclic) bond motifs is 1. The molecule has 4 nitrogen and oxygen atoms in total. The van der Waals surface area contributed by atoms with Crippen LogP contribution in [0.1, 0.15) is 48.3 Å². The van der Waals surface area contributed by atoms with Gasteiger partial charge in [0.05, 0.1) is 13.7 Å². The zero-order valence-electron chi connectivity index (χ0n) is 16.1. The van der Waals surface area contributed by atoms with Crippen LogP contribution in [-0.4, -0.2) is 26.4 Å². The molecule has 0 heterocycles. The summed E-state index contributed by atoms with van der Waals surface area (Å²) in [6.07, 6.45) is 6.11. The molecule has 0 saturated heterocycles. The van der Waals surface area contributed by atoms with Crippen molar-refractivity contribution in [2.75, 3.05) is 20.3 Å². The van der Waals surface area contributed by atoms with Crippen molar-refractivity contribution in [3.05, 3.63) is 65.2 Å². The number of nitrogens with one attached hydrogen (secondary N) is 1. The summed E-state index contributed by atoms with van der Waals surface area (Å²) in [5.74, 6) is 1.44. The van der Waals surface area contributed by atoms with E-state index in [9.17, 15) is 4.79 Å². The first kappa shape index (κ1) is 19.3. The molecular weight excluding hydrogens is 338 g/mol. The lowest BCUT2D eigenvalue weighted by Gasteiger charge is -2.14. The molecule has 1 aliphatic rings. The van der Waals surface area contributed by atoms with Gasteiger partial charge in [-0.1, -0.05) is 36.4 Å². The quantitative estimate of drug-likeness (QED) is 0.644. The fourth-order valence-corrected chi connectivity index (χ4v) is 3.74. The third-order valence-corrected chi connectivity index (χ3v) is 5.24. The van der Waals surface area contributed by atoms with E-state index in [1.165, 1.54) is 23.8 Å². The van der Waals surface area contributed by atoms with E-state index in [1.54, 1.807) is 0 Å². The fourth-order valence-electron chi connectivity index (χ4n) is 3.74. The van der Waals surface area contributed by atoms with Crippen LogP contribution >= 0.6 is 0 Å². The Morgan fingerprint density at radius 1 is 1.15 bits per heavy atom. The maximum Gasteiger partial charge on any atom is 0.406 e. The summed E-state index contributed by atoms with van der Waals surface area (Å²) in [6, 6.07) is 17.1. The second-order valence-corrected chi connectivity index (χ2v) is 7.09. The van der Waals surface area contributed by atoms with E-state index in [0.29, 0.717) is 12.5 Å². The minimum Gasteiger partial charge on any atom is -0.494 e. The largest absolute Gasteiger partial charge is 0.494 e. The third-order valence-electron chi connectivity index (χ3n) is 5.24. The molecule has 3 rings (SSSR count). The van der Waals surface area contributed by atoms with Gasteiger partial charge in [0.1, 0.15) is 5.75 Å². The van der Waals surface area contributed by atoms with Gasteiger partial charge >= 0.3 is 6.09 Å². The Hall–Kier alpha value is -2.49. The Balaban J connectivity index is 1.43. The number of rotatable bonds is 9.